The van der Waals surface area contributed by atoms with Gasteiger partial charge in [0.1, 0.15) is 5.56 Å². The topological polar surface area (TPSA) is 6.25 Å². The van der Waals surface area contributed by atoms with Gasteiger partial charge in [-0.05, 0) is 104 Å². The summed E-state index contributed by atoms with van der Waals surface area (Å²) in [7, 11) is 0. The molecule has 7 aromatic rings. The van der Waals surface area contributed by atoms with Crippen LogP contribution in [0, 0.1) is 0 Å². The normalized spacial score (nSPS) is 15.2. The Hall–Kier alpha value is -6.25. The van der Waals surface area contributed by atoms with Crippen molar-refractivity contribution in [3.63, 3.8) is 0 Å². The molecule has 7 aromatic carbocycles. The fourth-order valence-electron chi connectivity index (χ4n) is 8.10. The molecule has 0 bridgehead atoms. The largest absolute Gasteiger partial charge is 0.317 e. The van der Waals surface area contributed by atoms with Gasteiger partial charge in [-0.2, -0.15) is 4.58 Å². The van der Waals surface area contributed by atoms with E-state index in [1.165, 1.54) is 77.2 Å². The molecule has 0 N–H and O–H groups in total. The molecule has 10 rings (SSSR count). The predicted octanol–water partition coefficient (Wildman–Crippen LogP) is 13.7. The van der Waals surface area contributed by atoms with Crippen molar-refractivity contribution in [2.24, 2.45) is 0 Å². The van der Waals surface area contributed by atoms with Crippen LogP contribution < -0.4 is 9.48 Å². The molecular formula is C49H39N2+. The molecule has 0 unspecified atom stereocenters. The monoisotopic (exact) mass is 655 g/mol. The predicted molar refractivity (Wildman–Crippen MR) is 222 cm³/mol. The molecule has 3 heterocycles. The molecule has 0 aromatic heterocycles. The van der Waals surface area contributed by atoms with Crippen LogP contribution in [0.25, 0.3) is 60.1 Å². The highest BCUT2D eigenvalue weighted by atomic mass is 15.1. The zero-order chi connectivity index (χ0) is 34.6. The van der Waals surface area contributed by atoms with E-state index in [2.05, 4.69) is 181 Å². The van der Waals surface area contributed by atoms with Gasteiger partial charge in [0, 0.05) is 29.6 Å². The van der Waals surface area contributed by atoms with E-state index in [-0.39, 0.29) is 0 Å². The summed E-state index contributed by atoms with van der Waals surface area (Å²) >= 11 is 0. The Kier molecular flexibility index (Phi) is 7.40. The standard InChI is InChI=1S/C47H33N2.C2H6/c1-3-4-19-46-43-28-32(27-42-39-18-9-10-20-45(39)49(46)47(42)43)31-21-24-44-40(26-31)30(2)13-11-12-25-48(44)33-22-23-38-36-16-6-5-14-34(36)35-15-7-8-17-37(35)41(38)29-33;1-2/h4-29H,2-3H2,1H3;1-2H3/q+1;/b13-11-,19-4-,25-12-;. The van der Waals surface area contributed by atoms with Crippen LogP contribution in [-0.4, -0.2) is 5.71 Å². The Morgan fingerprint density at radius 1 is 0.608 bits per heavy atom. The van der Waals surface area contributed by atoms with Gasteiger partial charge in [0.25, 0.3) is 0 Å². The average molecular weight is 656 g/mol. The molecule has 0 fully saturated rings. The summed E-state index contributed by atoms with van der Waals surface area (Å²) in [6.07, 6.45) is 14.0. The van der Waals surface area contributed by atoms with E-state index >= 15 is 0 Å². The summed E-state index contributed by atoms with van der Waals surface area (Å²) in [6, 6.07) is 44.8. The first-order chi connectivity index (χ1) is 25.2. The number of hydrogen-bond acceptors (Lipinski definition) is 1. The lowest BCUT2D eigenvalue weighted by molar-refractivity contribution is 1.07. The third kappa shape index (κ3) is 4.67. The molecule has 51 heavy (non-hydrogen) atoms. The molecule has 3 aliphatic heterocycles. The van der Waals surface area contributed by atoms with E-state index in [9.17, 15) is 0 Å². The van der Waals surface area contributed by atoms with Crippen molar-refractivity contribution in [3.8, 4) is 22.3 Å². The molecule has 2 heteroatoms. The molecule has 0 saturated carbocycles. The first-order valence-electron chi connectivity index (χ1n) is 18.1. The molecule has 0 amide bonds. The summed E-state index contributed by atoms with van der Waals surface area (Å²) in [4.78, 5) is 2.31. The number of allylic oxidation sites excluding steroid dienone is 6. The van der Waals surface area contributed by atoms with Gasteiger partial charge in [0.15, 0.2) is 0 Å². The SMILES string of the molecule is C=C1/C=C\C=C/N(c2ccc3c4ccccc4c4ccccc4c3c2)c2ccc(-c3cc4c5c(c3)-c3ccccc3[N+]5=C4/C=C\CC)cc21.CC. The zero-order valence-corrected chi connectivity index (χ0v) is 29.3. The van der Waals surface area contributed by atoms with Crippen LogP contribution in [0.4, 0.5) is 22.7 Å². The van der Waals surface area contributed by atoms with Crippen molar-refractivity contribution in [3.05, 3.63) is 176 Å². The van der Waals surface area contributed by atoms with E-state index in [4.69, 9.17) is 0 Å². The second kappa shape index (κ2) is 12.3. The maximum Gasteiger partial charge on any atom is 0.233 e. The molecule has 0 radical (unpaired) electrons. The minimum atomic E-state index is 0.992. The molecule has 3 aliphatic rings. The van der Waals surface area contributed by atoms with E-state index in [0.717, 1.165) is 28.9 Å². The molecular weight excluding hydrogens is 617 g/mol. The van der Waals surface area contributed by atoms with Crippen LogP contribution in [0.15, 0.2) is 164 Å². The summed E-state index contributed by atoms with van der Waals surface area (Å²) in [5, 5.41) is 7.66. The first kappa shape index (κ1) is 30.8. The van der Waals surface area contributed by atoms with Crippen molar-refractivity contribution in [2.75, 3.05) is 4.90 Å². The Balaban J connectivity index is 0.00000171. The summed E-state index contributed by atoms with van der Waals surface area (Å²) in [6.45, 7) is 10.7. The van der Waals surface area contributed by atoms with Gasteiger partial charge < -0.3 is 4.90 Å². The summed E-state index contributed by atoms with van der Waals surface area (Å²) < 4.78 is 2.42. The summed E-state index contributed by atoms with van der Waals surface area (Å²) in [5.41, 5.74) is 14.6. The van der Waals surface area contributed by atoms with E-state index in [1.807, 2.05) is 13.8 Å². The van der Waals surface area contributed by atoms with Crippen LogP contribution >= 0.6 is 0 Å². The second-order valence-corrected chi connectivity index (χ2v) is 13.1. The van der Waals surface area contributed by atoms with E-state index in [0.29, 0.717) is 0 Å². The summed E-state index contributed by atoms with van der Waals surface area (Å²) in [5.74, 6) is 0. The maximum atomic E-state index is 4.54. The quantitative estimate of drug-likeness (QED) is 0.135. The van der Waals surface area contributed by atoms with Gasteiger partial charge in [-0.15, -0.1) is 0 Å². The van der Waals surface area contributed by atoms with Crippen LogP contribution in [-0.2, 0) is 0 Å². The highest BCUT2D eigenvalue weighted by Gasteiger charge is 2.45. The minimum absolute atomic E-state index is 0.992. The lowest BCUT2D eigenvalue weighted by atomic mass is 9.89. The third-order valence-corrected chi connectivity index (χ3v) is 10.4. The van der Waals surface area contributed by atoms with Gasteiger partial charge in [0.05, 0.1) is 16.8 Å². The number of para-hydroxylation sites is 1. The number of hydrogen-bond donors (Lipinski definition) is 0. The van der Waals surface area contributed by atoms with Gasteiger partial charge in [-0.1, -0.05) is 118 Å². The smallest absolute Gasteiger partial charge is 0.233 e. The number of fused-ring (bicyclic) bond motifs is 10. The number of nitrogens with zero attached hydrogens (tertiary/aromatic N) is 2. The van der Waals surface area contributed by atoms with Crippen molar-refractivity contribution in [1.29, 1.82) is 0 Å². The zero-order valence-electron chi connectivity index (χ0n) is 29.3. The average Bonchev–Trinajstić information content (AvgIpc) is 3.50. The van der Waals surface area contributed by atoms with Gasteiger partial charge in [-0.3, -0.25) is 0 Å². The number of rotatable bonds is 4. The van der Waals surface area contributed by atoms with E-state index in [1.54, 1.807) is 0 Å². The fraction of sp³-hybridized carbons (Fsp3) is 0.0816. The lowest BCUT2D eigenvalue weighted by Crippen LogP contribution is -2.25. The van der Waals surface area contributed by atoms with Crippen LogP contribution in [0.1, 0.15) is 38.3 Å². The third-order valence-electron chi connectivity index (χ3n) is 10.4. The first-order valence-corrected chi connectivity index (χ1v) is 18.1. The van der Waals surface area contributed by atoms with Gasteiger partial charge >= 0.3 is 0 Å². The Morgan fingerprint density at radius 3 is 2.00 bits per heavy atom. The van der Waals surface area contributed by atoms with Gasteiger partial charge in [0.2, 0.25) is 17.1 Å². The minimum Gasteiger partial charge on any atom is -0.317 e. The molecule has 0 aliphatic carbocycles. The molecule has 0 spiro atoms. The van der Waals surface area contributed by atoms with Crippen LogP contribution in [0.3, 0.4) is 0 Å². The molecule has 244 valence electrons. The highest BCUT2D eigenvalue weighted by Crippen LogP contribution is 2.53. The Labute approximate surface area is 299 Å². The molecule has 2 nitrogen and oxygen atoms in total. The van der Waals surface area contributed by atoms with Gasteiger partial charge in [-0.25, -0.2) is 0 Å². The number of benzene rings is 7. The lowest BCUT2D eigenvalue weighted by Gasteiger charge is -2.26. The number of anilines is 2. The maximum absolute atomic E-state index is 4.54. The second-order valence-electron chi connectivity index (χ2n) is 13.1. The Morgan fingerprint density at radius 2 is 1.25 bits per heavy atom. The van der Waals surface area contributed by atoms with Crippen LogP contribution in [0.2, 0.25) is 0 Å². The van der Waals surface area contributed by atoms with Crippen LogP contribution in [0.5, 0.6) is 0 Å². The van der Waals surface area contributed by atoms with Crippen molar-refractivity contribution < 1.29 is 0 Å². The Bertz CT molecular complexity index is 2680. The highest BCUT2D eigenvalue weighted by molar-refractivity contribution is 6.27. The van der Waals surface area contributed by atoms with E-state index < -0.39 is 0 Å². The van der Waals surface area contributed by atoms with Crippen molar-refractivity contribution in [2.45, 2.75) is 27.2 Å². The van der Waals surface area contributed by atoms with Crippen molar-refractivity contribution >= 4 is 66.4 Å². The van der Waals surface area contributed by atoms with Crippen molar-refractivity contribution in [1.82, 2.24) is 4.58 Å². The molecule has 0 saturated heterocycles. The fourth-order valence-corrected chi connectivity index (χ4v) is 8.10. The molecule has 0 atom stereocenters.